The lowest BCUT2D eigenvalue weighted by Crippen LogP contribution is -2.56. The predicted octanol–water partition coefficient (Wildman–Crippen LogP) is 3.11. The van der Waals surface area contributed by atoms with Gasteiger partial charge in [-0.1, -0.05) is 41.9 Å². The summed E-state index contributed by atoms with van der Waals surface area (Å²) >= 11 is 12.1. The molecule has 5 rings (SSSR count). The first-order chi connectivity index (χ1) is 15.8. The lowest BCUT2D eigenvalue weighted by molar-refractivity contribution is -0.119. The number of nitrogens with zero attached hydrogens (tertiary/aromatic N) is 4. The topological polar surface area (TPSA) is 75.0 Å². The molecule has 33 heavy (non-hydrogen) atoms. The number of anilines is 1. The summed E-state index contributed by atoms with van der Waals surface area (Å²) in [6.45, 7) is 3.35. The average molecular weight is 481 g/mol. The molecule has 0 saturated carbocycles. The number of likely N-dealkylation sites (N-methyl/N-ethyl adjacent to an activating group) is 1. The number of likely N-dealkylation sites (tertiary alicyclic amines) is 2. The number of benzene rings is 2. The van der Waals surface area contributed by atoms with Crippen molar-refractivity contribution < 1.29 is 4.79 Å². The molecular weight excluding hydrogens is 456 g/mol. The minimum Gasteiger partial charge on any atom is -0.354 e. The Kier molecular flexibility index (Phi) is 5.58. The second-order valence-electron chi connectivity index (χ2n) is 8.69. The van der Waals surface area contributed by atoms with Crippen LogP contribution in [0.4, 0.5) is 5.69 Å². The van der Waals surface area contributed by atoms with Crippen molar-refractivity contribution in [2.75, 3.05) is 25.0 Å². The highest BCUT2D eigenvalue weighted by Crippen LogP contribution is 2.32. The summed E-state index contributed by atoms with van der Waals surface area (Å²) in [6, 6.07) is 15.8. The molecule has 7 nitrogen and oxygen atoms in total. The third-order valence-corrected chi connectivity index (χ3v) is 7.22. The van der Waals surface area contributed by atoms with Crippen LogP contribution in [0.3, 0.4) is 0 Å². The fraction of sp³-hybridized carbons (Fsp3) is 0.333. The molecule has 170 valence electrons. The molecule has 0 aromatic heterocycles. The van der Waals surface area contributed by atoms with Crippen molar-refractivity contribution in [2.24, 2.45) is 4.99 Å². The second-order valence-corrected chi connectivity index (χ2v) is 9.51. The van der Waals surface area contributed by atoms with E-state index in [0.29, 0.717) is 21.7 Å². The predicted molar refractivity (Wildman–Crippen MR) is 135 cm³/mol. The number of rotatable bonds is 2. The zero-order chi connectivity index (χ0) is 23.3. The van der Waals surface area contributed by atoms with E-state index in [1.54, 1.807) is 18.0 Å². The Hall–Kier alpha value is -2.97. The number of hydrogen-bond donors (Lipinski definition) is 2. The van der Waals surface area contributed by atoms with Crippen LogP contribution in [-0.4, -0.2) is 70.8 Å². The highest BCUT2D eigenvalue weighted by molar-refractivity contribution is 7.80. The Labute approximate surface area is 203 Å². The van der Waals surface area contributed by atoms with Gasteiger partial charge in [-0.3, -0.25) is 10.2 Å². The van der Waals surface area contributed by atoms with Crippen molar-refractivity contribution in [3.05, 3.63) is 64.7 Å². The van der Waals surface area contributed by atoms with Crippen LogP contribution < -0.4 is 10.2 Å². The maximum absolute atomic E-state index is 13.4. The zero-order valence-corrected chi connectivity index (χ0v) is 20.0. The van der Waals surface area contributed by atoms with E-state index in [9.17, 15) is 4.79 Å². The first kappa shape index (κ1) is 21.9. The van der Waals surface area contributed by atoms with Crippen molar-refractivity contribution in [3.63, 3.8) is 0 Å². The third kappa shape index (κ3) is 3.87. The van der Waals surface area contributed by atoms with Gasteiger partial charge in [0.15, 0.2) is 5.11 Å². The number of halogens is 1. The number of amides is 1. The summed E-state index contributed by atoms with van der Waals surface area (Å²) < 4.78 is 0. The van der Waals surface area contributed by atoms with Crippen LogP contribution in [0.1, 0.15) is 24.5 Å². The molecule has 0 aliphatic carbocycles. The Morgan fingerprint density at radius 1 is 1.15 bits per heavy atom. The summed E-state index contributed by atoms with van der Waals surface area (Å²) in [6.07, 6.45) is 0.113. The van der Waals surface area contributed by atoms with Crippen LogP contribution in [-0.2, 0) is 4.79 Å². The molecule has 2 aromatic rings. The molecule has 2 saturated heterocycles. The van der Waals surface area contributed by atoms with Gasteiger partial charge in [0, 0.05) is 42.3 Å². The molecule has 0 radical (unpaired) electrons. The number of fused-ring (bicyclic) bond motifs is 3. The third-order valence-electron chi connectivity index (χ3n) is 6.64. The molecule has 2 bridgehead atoms. The molecule has 3 atom stereocenters. The molecule has 2 fully saturated rings. The number of aliphatic imine (C=N–C) groups is 1. The van der Waals surface area contributed by atoms with E-state index in [2.05, 4.69) is 15.1 Å². The Morgan fingerprint density at radius 2 is 1.85 bits per heavy atom. The van der Waals surface area contributed by atoms with E-state index in [1.807, 2.05) is 49.4 Å². The maximum Gasteiger partial charge on any atom is 0.272 e. The fourth-order valence-corrected chi connectivity index (χ4v) is 5.50. The molecule has 3 aliphatic rings. The molecular formula is C24H25ClN6OS. The molecule has 3 unspecified atom stereocenters. The van der Waals surface area contributed by atoms with Crippen molar-refractivity contribution >= 4 is 52.1 Å². The molecule has 0 spiro atoms. The van der Waals surface area contributed by atoms with E-state index in [4.69, 9.17) is 34.2 Å². The number of nitrogens with one attached hydrogen (secondary N) is 2. The van der Waals surface area contributed by atoms with E-state index < -0.39 is 6.17 Å². The number of benzodiazepines with no additional fused rings is 1. The van der Waals surface area contributed by atoms with E-state index >= 15 is 0 Å². The van der Waals surface area contributed by atoms with E-state index in [-0.39, 0.29) is 18.0 Å². The van der Waals surface area contributed by atoms with Gasteiger partial charge < -0.3 is 20.0 Å². The van der Waals surface area contributed by atoms with Gasteiger partial charge in [-0.25, -0.2) is 4.99 Å². The fourth-order valence-electron chi connectivity index (χ4n) is 4.99. The number of carbonyl (C=O) groups excluding carboxylic acids is 1. The van der Waals surface area contributed by atoms with Gasteiger partial charge in [0.25, 0.3) is 5.91 Å². The van der Waals surface area contributed by atoms with E-state index in [1.165, 1.54) is 0 Å². The number of piperazine rings is 1. The normalized spacial score (nSPS) is 23.8. The lowest BCUT2D eigenvalue weighted by atomic mass is 10.0. The Morgan fingerprint density at radius 3 is 2.52 bits per heavy atom. The number of thiocarbonyl (C=S) groups is 1. The summed E-state index contributed by atoms with van der Waals surface area (Å²) in [7, 11) is 1.75. The van der Waals surface area contributed by atoms with Crippen molar-refractivity contribution in [2.45, 2.75) is 31.6 Å². The minimum absolute atomic E-state index is 0.187. The Bertz CT molecular complexity index is 1170. The van der Waals surface area contributed by atoms with Gasteiger partial charge in [0.05, 0.1) is 23.3 Å². The number of carbonyl (C=O) groups is 1. The van der Waals surface area contributed by atoms with Crippen molar-refractivity contribution in [1.82, 2.24) is 15.1 Å². The van der Waals surface area contributed by atoms with Gasteiger partial charge in [0.1, 0.15) is 0 Å². The highest BCUT2D eigenvalue weighted by Gasteiger charge is 2.45. The highest BCUT2D eigenvalue weighted by atomic mass is 35.5. The molecule has 2 N–H and O–H groups in total. The standard InChI is InChI=1S/C24H25ClN6OS/c1-14(26)30-12-18-11-17(30)13-31(18)24(33)28-22-23(32)29(2)20-9-8-16(25)10-19(20)21(27-22)15-6-4-3-5-7-15/h3-10,17-18,22,26H,11-13H2,1-2H3,(H,28,33). The van der Waals surface area contributed by atoms with Crippen LogP contribution >= 0.6 is 23.8 Å². The first-order valence-electron chi connectivity index (χ1n) is 10.9. The number of amidine groups is 1. The summed E-state index contributed by atoms with van der Waals surface area (Å²) in [5.41, 5.74) is 3.15. The largest absolute Gasteiger partial charge is 0.354 e. The Balaban J connectivity index is 1.47. The molecule has 9 heteroatoms. The number of hydrogen-bond acceptors (Lipinski definition) is 4. The average Bonchev–Trinajstić information content (AvgIpc) is 3.40. The van der Waals surface area contributed by atoms with Gasteiger partial charge in [-0.05, 0) is 43.8 Å². The first-order valence-corrected chi connectivity index (χ1v) is 11.7. The van der Waals surface area contributed by atoms with Crippen molar-refractivity contribution in [1.29, 1.82) is 5.41 Å². The minimum atomic E-state index is -0.858. The molecule has 3 heterocycles. The van der Waals surface area contributed by atoms with Crippen LogP contribution in [0.5, 0.6) is 0 Å². The van der Waals surface area contributed by atoms with Crippen LogP contribution in [0.15, 0.2) is 53.5 Å². The quantitative estimate of drug-likeness (QED) is 0.392. The SMILES string of the molecule is CC(=N)N1CC2CC1CN2C(=S)NC1N=C(c2ccccc2)c2cc(Cl)ccc2N(C)C1=O. The van der Waals surface area contributed by atoms with Crippen LogP contribution in [0, 0.1) is 5.41 Å². The summed E-state index contributed by atoms with van der Waals surface area (Å²) in [4.78, 5) is 24.2. The van der Waals surface area contributed by atoms with E-state index in [0.717, 1.165) is 36.3 Å². The van der Waals surface area contributed by atoms with Gasteiger partial charge in [0.2, 0.25) is 6.17 Å². The lowest BCUT2D eigenvalue weighted by Gasteiger charge is -2.37. The summed E-state index contributed by atoms with van der Waals surface area (Å²) in [5.74, 6) is 0.406. The second kappa shape index (κ2) is 8.43. The zero-order valence-electron chi connectivity index (χ0n) is 18.5. The van der Waals surface area contributed by atoms with Gasteiger partial charge in [-0.2, -0.15) is 0 Å². The van der Waals surface area contributed by atoms with Gasteiger partial charge in [-0.15, -0.1) is 0 Å². The molecule has 3 aliphatic heterocycles. The molecule has 1 amide bonds. The van der Waals surface area contributed by atoms with Crippen molar-refractivity contribution in [3.8, 4) is 0 Å². The van der Waals surface area contributed by atoms with Gasteiger partial charge >= 0.3 is 0 Å². The van der Waals surface area contributed by atoms with Crippen LogP contribution in [0.25, 0.3) is 0 Å². The van der Waals surface area contributed by atoms with Crippen LogP contribution in [0.2, 0.25) is 5.02 Å². The summed E-state index contributed by atoms with van der Waals surface area (Å²) in [5, 5.41) is 12.3. The maximum atomic E-state index is 13.4. The monoisotopic (exact) mass is 480 g/mol. The molecule has 2 aromatic carbocycles. The smallest absolute Gasteiger partial charge is 0.272 e.